The van der Waals surface area contributed by atoms with Crippen molar-refractivity contribution in [1.29, 1.82) is 0 Å². The summed E-state index contributed by atoms with van der Waals surface area (Å²) in [6.45, 7) is 0.192. The highest BCUT2D eigenvalue weighted by atomic mass is 35.5. The Balaban J connectivity index is 1.40. The third kappa shape index (κ3) is 5.51. The molecular weight excluding hydrogens is 495 g/mol. The molecule has 4 aromatic carbocycles. The first-order valence-corrected chi connectivity index (χ1v) is 12.4. The molecule has 1 heterocycles. The van der Waals surface area contributed by atoms with Crippen molar-refractivity contribution < 1.29 is 13.9 Å². The molecule has 4 nitrogen and oxygen atoms in total. The predicted molar refractivity (Wildman–Crippen MR) is 145 cm³/mol. The molecule has 178 valence electrons. The van der Waals surface area contributed by atoms with Crippen molar-refractivity contribution in [3.05, 3.63) is 130 Å². The lowest BCUT2D eigenvalue weighted by Crippen LogP contribution is -2.28. The molecule has 0 atom stereocenters. The van der Waals surface area contributed by atoms with Gasteiger partial charge in [0, 0.05) is 0 Å². The summed E-state index contributed by atoms with van der Waals surface area (Å²) in [4.78, 5) is 20.3. The van der Waals surface area contributed by atoms with Crippen LogP contribution in [-0.2, 0) is 11.4 Å². The molecule has 1 aliphatic rings. The van der Waals surface area contributed by atoms with Gasteiger partial charge in [0.15, 0.2) is 5.17 Å². The number of nitrogens with zero attached hydrogens (tertiary/aromatic N) is 2. The predicted octanol–water partition coefficient (Wildman–Crippen LogP) is 7.87. The van der Waals surface area contributed by atoms with Gasteiger partial charge in [-0.05, 0) is 77.5 Å². The molecule has 0 aliphatic carbocycles. The number of carbonyl (C=O) groups excluding carboxylic acids is 1. The number of ether oxygens (including phenoxy) is 1. The Kier molecular flexibility index (Phi) is 7.16. The fraction of sp³-hybridized carbons (Fsp3) is 0.0345. The van der Waals surface area contributed by atoms with Crippen LogP contribution in [0.4, 0.5) is 15.8 Å². The molecule has 1 aliphatic heterocycles. The smallest absolute Gasteiger partial charge is 0.271 e. The van der Waals surface area contributed by atoms with Gasteiger partial charge in [0.25, 0.3) is 5.91 Å². The molecule has 4 aromatic rings. The summed E-state index contributed by atoms with van der Waals surface area (Å²) in [5.74, 6) is -0.00299. The van der Waals surface area contributed by atoms with Gasteiger partial charge in [0.1, 0.15) is 18.2 Å². The van der Waals surface area contributed by atoms with Crippen molar-refractivity contribution in [2.24, 2.45) is 4.99 Å². The van der Waals surface area contributed by atoms with E-state index in [0.29, 0.717) is 26.4 Å². The summed E-state index contributed by atoms with van der Waals surface area (Å²) in [5.41, 5.74) is 2.96. The first kappa shape index (κ1) is 23.9. The van der Waals surface area contributed by atoms with E-state index in [4.69, 9.17) is 21.3 Å². The molecule has 0 aromatic heterocycles. The number of thioether (sulfide) groups is 1. The SMILES string of the molecule is O=C1/C(=C\c2ccc(OCc3cccc(F)c3)c(Cl)c2)SC(=Nc2ccccc2)N1c1ccccc1. The minimum atomic E-state index is -0.317. The number of amidine groups is 1. The average molecular weight is 515 g/mol. The first-order chi connectivity index (χ1) is 17.6. The maximum Gasteiger partial charge on any atom is 0.271 e. The quantitative estimate of drug-likeness (QED) is 0.246. The molecule has 0 radical (unpaired) electrons. The summed E-state index contributed by atoms with van der Waals surface area (Å²) in [7, 11) is 0. The van der Waals surface area contributed by atoms with Crippen LogP contribution in [0.1, 0.15) is 11.1 Å². The van der Waals surface area contributed by atoms with Gasteiger partial charge in [-0.2, -0.15) is 0 Å². The Labute approximate surface area is 217 Å². The van der Waals surface area contributed by atoms with E-state index in [-0.39, 0.29) is 18.3 Å². The fourth-order valence-electron chi connectivity index (χ4n) is 3.63. The number of hydrogen-bond donors (Lipinski definition) is 0. The number of benzene rings is 4. The molecule has 7 heteroatoms. The molecule has 0 N–H and O–H groups in total. The van der Waals surface area contributed by atoms with E-state index in [1.807, 2.05) is 66.7 Å². The lowest BCUT2D eigenvalue weighted by Gasteiger charge is -2.15. The normalized spacial score (nSPS) is 15.6. The van der Waals surface area contributed by atoms with E-state index in [1.165, 1.54) is 23.9 Å². The zero-order chi connectivity index (χ0) is 24.9. The van der Waals surface area contributed by atoms with Crippen LogP contribution in [0.3, 0.4) is 0 Å². The number of halogens is 2. The topological polar surface area (TPSA) is 41.9 Å². The van der Waals surface area contributed by atoms with Crippen LogP contribution in [-0.4, -0.2) is 11.1 Å². The minimum absolute atomic E-state index is 0.163. The largest absolute Gasteiger partial charge is 0.487 e. The van der Waals surface area contributed by atoms with Crippen LogP contribution in [0.5, 0.6) is 5.75 Å². The second-order valence-electron chi connectivity index (χ2n) is 7.93. The molecule has 0 unspecified atom stereocenters. The second kappa shape index (κ2) is 10.8. The van der Waals surface area contributed by atoms with Crippen LogP contribution in [0.25, 0.3) is 6.08 Å². The number of rotatable bonds is 6. The highest BCUT2D eigenvalue weighted by Gasteiger charge is 2.34. The number of para-hydroxylation sites is 2. The Morgan fingerprint density at radius 2 is 1.67 bits per heavy atom. The molecule has 1 saturated heterocycles. The average Bonchev–Trinajstić information content (AvgIpc) is 3.18. The maximum absolute atomic E-state index is 13.4. The van der Waals surface area contributed by atoms with Gasteiger partial charge in [-0.1, -0.05) is 66.2 Å². The van der Waals surface area contributed by atoms with Crippen molar-refractivity contribution >= 4 is 51.9 Å². The fourth-order valence-corrected chi connectivity index (χ4v) is 4.87. The molecule has 1 amide bonds. The van der Waals surface area contributed by atoms with Crippen LogP contribution >= 0.6 is 23.4 Å². The zero-order valence-corrected chi connectivity index (χ0v) is 20.5. The monoisotopic (exact) mass is 514 g/mol. The standard InChI is InChI=1S/C29H20ClFN2O2S/c30-25-17-20(14-15-26(25)35-19-21-8-7-9-22(31)16-21)18-27-28(34)33(24-12-5-2-6-13-24)29(36-27)32-23-10-3-1-4-11-23/h1-18H,19H2/b27-18+,32-29?. The van der Waals surface area contributed by atoms with E-state index in [9.17, 15) is 9.18 Å². The van der Waals surface area contributed by atoms with Crippen LogP contribution < -0.4 is 9.64 Å². The highest BCUT2D eigenvalue weighted by molar-refractivity contribution is 8.19. The number of anilines is 1. The van der Waals surface area contributed by atoms with Crippen LogP contribution in [0.2, 0.25) is 5.02 Å². The van der Waals surface area contributed by atoms with Gasteiger partial charge in [-0.25, -0.2) is 9.38 Å². The van der Waals surface area contributed by atoms with E-state index in [2.05, 4.69) is 0 Å². The third-order valence-corrected chi connectivity index (χ3v) is 6.60. The maximum atomic E-state index is 13.4. The van der Waals surface area contributed by atoms with Gasteiger partial charge < -0.3 is 4.74 Å². The van der Waals surface area contributed by atoms with E-state index >= 15 is 0 Å². The Bertz CT molecular complexity index is 1460. The van der Waals surface area contributed by atoms with Gasteiger partial charge in [0.05, 0.1) is 21.3 Å². The molecule has 0 bridgehead atoms. The van der Waals surface area contributed by atoms with Crippen molar-refractivity contribution in [3.8, 4) is 5.75 Å². The van der Waals surface area contributed by atoms with E-state index < -0.39 is 0 Å². The van der Waals surface area contributed by atoms with Gasteiger partial charge in [-0.15, -0.1) is 0 Å². The summed E-state index contributed by atoms with van der Waals surface area (Å²) in [6.07, 6.45) is 1.79. The molecule has 36 heavy (non-hydrogen) atoms. The molecule has 0 saturated carbocycles. The minimum Gasteiger partial charge on any atom is -0.487 e. The van der Waals surface area contributed by atoms with Crippen molar-refractivity contribution in [2.75, 3.05) is 4.90 Å². The number of hydrogen-bond acceptors (Lipinski definition) is 4. The number of carbonyl (C=O) groups is 1. The molecular formula is C29H20ClFN2O2S. The Hall–Kier alpha value is -3.87. The summed E-state index contributed by atoms with van der Waals surface area (Å²) < 4.78 is 19.2. The molecule has 5 rings (SSSR count). The third-order valence-electron chi connectivity index (χ3n) is 5.34. The first-order valence-electron chi connectivity index (χ1n) is 11.2. The molecule has 0 spiro atoms. The molecule has 1 fully saturated rings. The van der Waals surface area contributed by atoms with Gasteiger partial charge >= 0.3 is 0 Å². The lowest BCUT2D eigenvalue weighted by molar-refractivity contribution is -0.113. The number of amides is 1. The van der Waals surface area contributed by atoms with Crippen LogP contribution in [0, 0.1) is 5.82 Å². The highest BCUT2D eigenvalue weighted by Crippen LogP contribution is 2.38. The Morgan fingerprint density at radius 3 is 2.39 bits per heavy atom. The zero-order valence-electron chi connectivity index (χ0n) is 19.0. The second-order valence-corrected chi connectivity index (χ2v) is 9.34. The van der Waals surface area contributed by atoms with E-state index in [1.54, 1.807) is 35.2 Å². The van der Waals surface area contributed by atoms with Crippen LogP contribution in [0.15, 0.2) is 113 Å². The summed E-state index contributed by atoms with van der Waals surface area (Å²) in [6, 6.07) is 30.5. The van der Waals surface area contributed by atoms with Gasteiger partial charge in [-0.3, -0.25) is 9.69 Å². The van der Waals surface area contributed by atoms with Crippen molar-refractivity contribution in [1.82, 2.24) is 0 Å². The summed E-state index contributed by atoms with van der Waals surface area (Å²) in [5, 5.41) is 0.971. The number of aliphatic imine (C=N–C) groups is 1. The van der Waals surface area contributed by atoms with Crippen molar-refractivity contribution in [3.63, 3.8) is 0 Å². The van der Waals surface area contributed by atoms with Gasteiger partial charge in [0.2, 0.25) is 0 Å². The lowest BCUT2D eigenvalue weighted by atomic mass is 10.2. The van der Waals surface area contributed by atoms with Crippen molar-refractivity contribution in [2.45, 2.75) is 6.61 Å². The Morgan fingerprint density at radius 1 is 0.917 bits per heavy atom. The van der Waals surface area contributed by atoms with E-state index in [0.717, 1.165) is 16.9 Å². The summed E-state index contributed by atoms with van der Waals surface area (Å²) >= 11 is 7.76.